The van der Waals surface area contributed by atoms with Gasteiger partial charge < -0.3 is 16.0 Å². The summed E-state index contributed by atoms with van der Waals surface area (Å²) in [7, 11) is 0. The van der Waals surface area contributed by atoms with E-state index >= 15 is 0 Å². The Morgan fingerprint density at radius 1 is 1.24 bits per heavy atom. The molecule has 0 unspecified atom stereocenters. The molecule has 0 bridgehead atoms. The molecule has 1 aromatic carbocycles. The van der Waals surface area contributed by atoms with Gasteiger partial charge in [-0.05, 0) is 17.0 Å². The molecule has 1 aliphatic rings. The summed E-state index contributed by atoms with van der Waals surface area (Å²) in [5.74, 6) is -0.295. The lowest BCUT2D eigenvalue weighted by atomic mass is 10.1. The third-order valence-corrected chi connectivity index (χ3v) is 3.63. The van der Waals surface area contributed by atoms with Crippen LogP contribution in [0.15, 0.2) is 24.3 Å². The fraction of sp³-hybridized carbons (Fsp3) is 0.467. The molecule has 0 aliphatic carbocycles. The van der Waals surface area contributed by atoms with Gasteiger partial charge in [-0.15, -0.1) is 12.4 Å². The second-order valence-corrected chi connectivity index (χ2v) is 5.51. The lowest BCUT2D eigenvalue weighted by Gasteiger charge is -2.18. The highest BCUT2D eigenvalue weighted by molar-refractivity contribution is 5.87. The average molecular weight is 312 g/mol. The van der Waals surface area contributed by atoms with Crippen LogP contribution in [0.4, 0.5) is 0 Å². The second kappa shape index (κ2) is 7.43. The van der Waals surface area contributed by atoms with E-state index < -0.39 is 6.04 Å². The van der Waals surface area contributed by atoms with E-state index in [1.807, 2.05) is 38.1 Å². The van der Waals surface area contributed by atoms with Gasteiger partial charge in [-0.3, -0.25) is 9.59 Å². The molecule has 0 spiro atoms. The smallest absolute Gasteiger partial charge is 0.242 e. The molecule has 6 heteroatoms. The van der Waals surface area contributed by atoms with Crippen molar-refractivity contribution < 1.29 is 9.59 Å². The highest BCUT2D eigenvalue weighted by Crippen LogP contribution is 2.21. The molecule has 1 atom stereocenters. The molecule has 0 saturated carbocycles. The number of halogens is 1. The third-order valence-electron chi connectivity index (χ3n) is 3.63. The van der Waals surface area contributed by atoms with Gasteiger partial charge in [0, 0.05) is 13.1 Å². The third kappa shape index (κ3) is 4.19. The van der Waals surface area contributed by atoms with Gasteiger partial charge in [0.2, 0.25) is 11.8 Å². The summed E-state index contributed by atoms with van der Waals surface area (Å²) >= 11 is 0. The number of nitrogens with two attached hydrogens (primary N) is 1. The predicted molar refractivity (Wildman–Crippen MR) is 83.8 cm³/mol. The van der Waals surface area contributed by atoms with E-state index in [9.17, 15) is 9.59 Å². The fourth-order valence-corrected chi connectivity index (χ4v) is 2.20. The number of carbonyl (C=O) groups excluding carboxylic acids is 2. The second-order valence-electron chi connectivity index (χ2n) is 5.51. The zero-order chi connectivity index (χ0) is 14.7. The van der Waals surface area contributed by atoms with Gasteiger partial charge >= 0.3 is 0 Å². The van der Waals surface area contributed by atoms with Crippen LogP contribution in [0.1, 0.15) is 25.0 Å². The maximum absolute atomic E-state index is 12.1. The molecule has 5 nitrogen and oxygen atoms in total. The van der Waals surface area contributed by atoms with Crippen molar-refractivity contribution in [3.63, 3.8) is 0 Å². The Balaban J connectivity index is 0.00000220. The van der Waals surface area contributed by atoms with Crippen molar-refractivity contribution in [1.29, 1.82) is 0 Å². The Labute approximate surface area is 131 Å². The average Bonchev–Trinajstić information content (AvgIpc) is 2.87. The largest absolute Gasteiger partial charge is 0.346 e. The van der Waals surface area contributed by atoms with E-state index in [2.05, 4.69) is 5.32 Å². The van der Waals surface area contributed by atoms with Crippen molar-refractivity contribution in [1.82, 2.24) is 10.2 Å². The van der Waals surface area contributed by atoms with Gasteiger partial charge in [0.1, 0.15) is 0 Å². The summed E-state index contributed by atoms with van der Waals surface area (Å²) in [6, 6.07) is 7.41. The zero-order valence-electron chi connectivity index (χ0n) is 12.3. The Morgan fingerprint density at radius 2 is 1.76 bits per heavy atom. The van der Waals surface area contributed by atoms with Crippen molar-refractivity contribution in [3.8, 4) is 0 Å². The Bertz CT molecular complexity index is 494. The number of rotatable bonds is 4. The monoisotopic (exact) mass is 311 g/mol. The molecule has 2 rings (SSSR count). The molecule has 0 saturated heterocycles. The molecular weight excluding hydrogens is 290 g/mol. The fourth-order valence-electron chi connectivity index (χ4n) is 2.20. The van der Waals surface area contributed by atoms with E-state index in [0.717, 1.165) is 0 Å². The molecular formula is C15H22ClN3O2. The Kier molecular flexibility index (Phi) is 6.18. The van der Waals surface area contributed by atoms with E-state index in [0.29, 0.717) is 13.1 Å². The van der Waals surface area contributed by atoms with E-state index in [1.54, 1.807) is 4.90 Å². The van der Waals surface area contributed by atoms with Gasteiger partial charge in [0.15, 0.2) is 0 Å². The number of fused-ring (bicyclic) bond motifs is 1. The number of hydrogen-bond donors (Lipinski definition) is 2. The van der Waals surface area contributed by atoms with Crippen molar-refractivity contribution >= 4 is 24.2 Å². The summed E-state index contributed by atoms with van der Waals surface area (Å²) in [6.07, 6.45) is 0. The van der Waals surface area contributed by atoms with Crippen LogP contribution in [0.25, 0.3) is 0 Å². The van der Waals surface area contributed by atoms with Crippen LogP contribution in [0.3, 0.4) is 0 Å². The molecule has 21 heavy (non-hydrogen) atoms. The Morgan fingerprint density at radius 3 is 2.24 bits per heavy atom. The van der Waals surface area contributed by atoms with Crippen LogP contribution in [-0.4, -0.2) is 29.3 Å². The molecule has 1 heterocycles. The number of nitrogens with one attached hydrogen (secondary N) is 1. The molecule has 0 fully saturated rings. The van der Waals surface area contributed by atoms with Crippen molar-refractivity contribution in [2.45, 2.75) is 33.0 Å². The van der Waals surface area contributed by atoms with Gasteiger partial charge in [-0.1, -0.05) is 38.1 Å². The molecule has 0 aromatic heterocycles. The summed E-state index contributed by atoms with van der Waals surface area (Å²) in [4.78, 5) is 25.5. The minimum Gasteiger partial charge on any atom is -0.346 e. The minimum atomic E-state index is -0.571. The van der Waals surface area contributed by atoms with Crippen molar-refractivity contribution in [2.75, 3.05) is 6.54 Å². The van der Waals surface area contributed by atoms with E-state index in [1.165, 1.54) is 11.1 Å². The van der Waals surface area contributed by atoms with Crippen LogP contribution in [0, 0.1) is 5.92 Å². The maximum atomic E-state index is 12.1. The number of nitrogens with zero attached hydrogens (tertiary/aromatic N) is 1. The van der Waals surface area contributed by atoms with Gasteiger partial charge in [0.05, 0.1) is 12.6 Å². The van der Waals surface area contributed by atoms with Crippen LogP contribution in [0.2, 0.25) is 0 Å². The number of hydrogen-bond acceptors (Lipinski definition) is 3. The lowest BCUT2D eigenvalue weighted by Crippen LogP contribution is -2.47. The maximum Gasteiger partial charge on any atom is 0.242 e. The zero-order valence-corrected chi connectivity index (χ0v) is 13.2. The van der Waals surface area contributed by atoms with E-state index in [-0.39, 0.29) is 36.7 Å². The first-order valence-electron chi connectivity index (χ1n) is 6.87. The highest BCUT2D eigenvalue weighted by atomic mass is 35.5. The normalized spacial score (nSPS) is 14.4. The van der Waals surface area contributed by atoms with Crippen LogP contribution in [0.5, 0.6) is 0 Å². The van der Waals surface area contributed by atoms with Crippen molar-refractivity contribution in [2.24, 2.45) is 11.7 Å². The highest BCUT2D eigenvalue weighted by Gasteiger charge is 2.24. The summed E-state index contributed by atoms with van der Waals surface area (Å²) in [5, 5.41) is 2.61. The SMILES string of the molecule is CC(C)[C@H](N)C(=O)NCC(=O)N1Cc2ccccc2C1.Cl. The van der Waals surface area contributed by atoms with Gasteiger partial charge in [-0.2, -0.15) is 0 Å². The number of amides is 2. The number of benzene rings is 1. The summed E-state index contributed by atoms with van der Waals surface area (Å²) in [5.41, 5.74) is 8.08. The first kappa shape index (κ1) is 17.5. The predicted octanol–water partition coefficient (Wildman–Crippen LogP) is 1.05. The van der Waals surface area contributed by atoms with Crippen LogP contribution >= 0.6 is 12.4 Å². The molecule has 2 amide bonds. The Hall–Kier alpha value is -1.59. The molecule has 0 radical (unpaired) electrons. The summed E-state index contributed by atoms with van der Waals surface area (Å²) in [6.45, 7) is 4.99. The lowest BCUT2D eigenvalue weighted by molar-refractivity contribution is -0.133. The van der Waals surface area contributed by atoms with Gasteiger partial charge in [0.25, 0.3) is 0 Å². The van der Waals surface area contributed by atoms with Crippen molar-refractivity contribution in [3.05, 3.63) is 35.4 Å². The van der Waals surface area contributed by atoms with E-state index in [4.69, 9.17) is 5.73 Å². The molecule has 1 aliphatic heterocycles. The van der Waals surface area contributed by atoms with Crippen LogP contribution < -0.4 is 11.1 Å². The topological polar surface area (TPSA) is 75.4 Å². The van der Waals surface area contributed by atoms with Crippen LogP contribution in [-0.2, 0) is 22.7 Å². The first-order chi connectivity index (χ1) is 9.49. The van der Waals surface area contributed by atoms with Gasteiger partial charge in [-0.25, -0.2) is 0 Å². The first-order valence-corrected chi connectivity index (χ1v) is 6.87. The quantitative estimate of drug-likeness (QED) is 0.872. The molecule has 1 aromatic rings. The standard InChI is InChI=1S/C15H21N3O2.ClH/c1-10(2)14(16)15(20)17-7-13(19)18-8-11-5-3-4-6-12(11)9-18;/h3-6,10,14H,7-9,16H2,1-2H3,(H,17,20);1H/t14-;/m0./s1. The molecule has 3 N–H and O–H groups in total. The number of carbonyl (C=O) groups is 2. The molecule has 116 valence electrons. The summed E-state index contributed by atoms with van der Waals surface area (Å²) < 4.78 is 0. The minimum absolute atomic E-state index is 0.